The molecule has 2 aliphatic rings. The summed E-state index contributed by atoms with van der Waals surface area (Å²) in [4.78, 5) is 0. The van der Waals surface area contributed by atoms with Crippen LogP contribution in [0.3, 0.4) is 0 Å². The fourth-order valence-corrected chi connectivity index (χ4v) is 27.8. The fourth-order valence-electron chi connectivity index (χ4n) is 5.25. The van der Waals surface area contributed by atoms with E-state index in [4.69, 9.17) is 17.2 Å². The van der Waals surface area contributed by atoms with Crippen LogP contribution in [0.1, 0.15) is 50.9 Å². The second kappa shape index (κ2) is 7.71. The maximum absolute atomic E-state index is 11.3. The third-order valence-electron chi connectivity index (χ3n) is 7.05. The number of benzene rings is 2. The zero-order valence-corrected chi connectivity index (χ0v) is 23.0. The van der Waals surface area contributed by atoms with Crippen LogP contribution in [0.2, 0.25) is 0 Å². The van der Waals surface area contributed by atoms with E-state index < -0.39 is 26.6 Å². The predicted molar refractivity (Wildman–Crippen MR) is 124 cm³/mol. The van der Waals surface area contributed by atoms with Gasteiger partial charge in [-0.2, -0.15) is 0 Å². The normalized spacial score (nSPS) is 20.3. The van der Waals surface area contributed by atoms with Gasteiger partial charge in [0.05, 0.1) is 0 Å². The predicted octanol–water partition coefficient (Wildman–Crippen LogP) is 6.30. The van der Waals surface area contributed by atoms with Crippen LogP contribution >= 0.6 is 17.2 Å². The summed E-state index contributed by atoms with van der Waals surface area (Å²) >= 11 is -5.40. The van der Waals surface area contributed by atoms with Crippen molar-refractivity contribution < 1.29 is 26.3 Å². The molecule has 0 saturated carbocycles. The van der Waals surface area contributed by atoms with Crippen LogP contribution in [0.4, 0.5) is 0 Å². The first-order valence-electron chi connectivity index (χ1n) is 10.6. The summed E-state index contributed by atoms with van der Waals surface area (Å²) in [6.45, 7) is 8.06. The van der Waals surface area contributed by atoms with E-state index in [2.05, 4.69) is 64.1 Å². The van der Waals surface area contributed by atoms with Gasteiger partial charge in [-0.1, -0.05) is 0 Å². The molecule has 4 rings (SSSR count). The molecule has 159 valence electrons. The summed E-state index contributed by atoms with van der Waals surface area (Å²) in [6.07, 6.45) is 4.96. The molecule has 2 N–H and O–H groups in total. The molecule has 0 aliphatic heterocycles. The quantitative estimate of drug-likeness (QED) is 0.390. The van der Waals surface area contributed by atoms with Crippen molar-refractivity contribution in [2.24, 2.45) is 5.92 Å². The average Bonchev–Trinajstić information content (AvgIpc) is 3.34. The van der Waals surface area contributed by atoms with Crippen molar-refractivity contribution in [3.63, 3.8) is 0 Å². The molecule has 0 spiro atoms. The van der Waals surface area contributed by atoms with Crippen molar-refractivity contribution in [1.82, 2.24) is 0 Å². The second-order valence-corrected chi connectivity index (χ2v) is 39.1. The van der Waals surface area contributed by atoms with Crippen LogP contribution in [-0.4, -0.2) is 20.7 Å². The van der Waals surface area contributed by atoms with Gasteiger partial charge in [-0.25, -0.2) is 0 Å². The molecule has 0 fully saturated rings. The van der Waals surface area contributed by atoms with E-state index in [0.717, 1.165) is 20.0 Å². The number of halogens is 2. The van der Waals surface area contributed by atoms with Gasteiger partial charge in [0.15, 0.2) is 0 Å². The van der Waals surface area contributed by atoms with E-state index in [-0.39, 0.29) is 9.59 Å². The SMILES string of the molecule is Cc1ccc(C)c2c1C=[C]([Hf]([Cl])([Cl])([CH](O)CO)[CH]1C(C(C)C)=Cc3ccccc31)C2. The summed E-state index contributed by atoms with van der Waals surface area (Å²) in [5.74, 6) is 0.231. The van der Waals surface area contributed by atoms with Gasteiger partial charge in [-0.05, 0) is 0 Å². The molecule has 5 heteroatoms. The Morgan fingerprint density at radius 3 is 2.33 bits per heavy atom. The molecule has 2 unspecified atom stereocenters. The summed E-state index contributed by atoms with van der Waals surface area (Å²) in [7, 11) is 15.4. The van der Waals surface area contributed by atoms with Gasteiger partial charge in [0, 0.05) is 0 Å². The zero-order chi connectivity index (χ0) is 21.9. The average molecular weight is 611 g/mol. The van der Waals surface area contributed by atoms with Crippen molar-refractivity contribution >= 4 is 29.3 Å². The van der Waals surface area contributed by atoms with E-state index in [1.165, 1.54) is 22.3 Å². The van der Waals surface area contributed by atoms with Gasteiger partial charge in [0.1, 0.15) is 0 Å². The van der Waals surface area contributed by atoms with Crippen LogP contribution in [0.15, 0.2) is 45.3 Å². The number of aryl methyl sites for hydroxylation is 2. The monoisotopic (exact) mass is 611 g/mol. The van der Waals surface area contributed by atoms with E-state index in [1.807, 2.05) is 12.1 Å². The first-order chi connectivity index (χ1) is 14.1. The molecule has 0 saturated heterocycles. The Kier molecular flexibility index (Phi) is 5.77. The topological polar surface area (TPSA) is 40.5 Å². The van der Waals surface area contributed by atoms with Crippen molar-refractivity contribution in [2.45, 2.75) is 41.7 Å². The van der Waals surface area contributed by atoms with Gasteiger partial charge in [0.25, 0.3) is 0 Å². The van der Waals surface area contributed by atoms with Gasteiger partial charge in [0.2, 0.25) is 0 Å². The van der Waals surface area contributed by atoms with Crippen LogP contribution in [0, 0.1) is 19.8 Å². The second-order valence-electron chi connectivity index (χ2n) is 9.15. The third-order valence-corrected chi connectivity index (χ3v) is 35.4. The Hall–Kier alpha value is -0.710. The maximum atomic E-state index is 11.3. The molecule has 0 radical (unpaired) electrons. The van der Waals surface area contributed by atoms with E-state index >= 15 is 0 Å². The van der Waals surface area contributed by atoms with Crippen molar-refractivity contribution in [1.29, 1.82) is 0 Å². The van der Waals surface area contributed by atoms with Crippen LogP contribution in [-0.2, 0) is 22.6 Å². The standard InChI is InChI=1S/C12H13.C11H11.C2H5O2.2ClH.Hf/c1-9(2)12-7-10-5-3-4-6-11(10)8-12;1-8-6-7-9(2)11-5-3-4-10(8)11;3-1-2-4;;;/h3-9H,1-2H3;4,6-7H,5H2,1-2H3;1,3-4H,2H2;2*1H;/q;;;;;+2/p-2. The van der Waals surface area contributed by atoms with Crippen molar-refractivity contribution in [3.8, 4) is 0 Å². The number of aliphatic hydroxyl groups excluding tert-OH is 2. The van der Waals surface area contributed by atoms with E-state index in [0.29, 0.717) is 6.42 Å². The first-order valence-corrected chi connectivity index (χ1v) is 25.4. The molecule has 2 aromatic rings. The Bertz CT molecular complexity index is 1080. The molecule has 0 aromatic heterocycles. The van der Waals surface area contributed by atoms with Crippen LogP contribution in [0.25, 0.3) is 12.2 Å². The molecular weight excluding hydrogens is 582 g/mol. The fraction of sp³-hybridized carbons (Fsp3) is 0.360. The minimum atomic E-state index is -5.40. The van der Waals surface area contributed by atoms with Gasteiger partial charge in [-0.3, -0.25) is 0 Å². The first kappa shape index (κ1) is 22.5. The number of fused-ring (bicyclic) bond motifs is 2. The van der Waals surface area contributed by atoms with E-state index in [1.54, 1.807) is 0 Å². The van der Waals surface area contributed by atoms with Crippen molar-refractivity contribution in [3.05, 3.63) is 78.7 Å². The molecule has 0 bridgehead atoms. The number of aliphatic hydroxyl groups is 2. The Labute approximate surface area is 187 Å². The Morgan fingerprint density at radius 1 is 1.03 bits per heavy atom. The summed E-state index contributed by atoms with van der Waals surface area (Å²) in [5.41, 5.74) is 8.15. The molecule has 2 nitrogen and oxygen atoms in total. The van der Waals surface area contributed by atoms with E-state index in [9.17, 15) is 10.2 Å². The summed E-state index contributed by atoms with van der Waals surface area (Å²) in [6, 6.07) is 12.4. The molecule has 2 aliphatic carbocycles. The van der Waals surface area contributed by atoms with Crippen molar-refractivity contribution in [2.75, 3.05) is 6.61 Å². The third kappa shape index (κ3) is 3.16. The van der Waals surface area contributed by atoms with Crippen LogP contribution < -0.4 is 0 Å². The van der Waals surface area contributed by atoms with Gasteiger partial charge >= 0.3 is 189 Å². The molecular formula is C25H29Cl2HfO2. The number of hydrogen-bond acceptors (Lipinski definition) is 2. The zero-order valence-electron chi connectivity index (χ0n) is 17.9. The number of allylic oxidation sites excluding steroid dienone is 2. The molecule has 0 heterocycles. The summed E-state index contributed by atoms with van der Waals surface area (Å²) < 4.78 is -0.424. The Morgan fingerprint density at radius 2 is 1.70 bits per heavy atom. The molecule has 0 amide bonds. The summed E-state index contributed by atoms with van der Waals surface area (Å²) in [5, 5.41) is 21.5. The molecule has 2 atom stereocenters. The molecule has 2 aromatic carbocycles. The van der Waals surface area contributed by atoms with Gasteiger partial charge in [-0.15, -0.1) is 0 Å². The Balaban J connectivity index is 1.97. The number of rotatable bonds is 5. The minimum absolute atomic E-state index is 0.231. The number of hydrogen-bond donors (Lipinski definition) is 2. The molecule has 30 heavy (non-hydrogen) atoms. The van der Waals surface area contributed by atoms with Crippen LogP contribution in [0.5, 0.6) is 0 Å². The van der Waals surface area contributed by atoms with Gasteiger partial charge < -0.3 is 0 Å².